The predicted octanol–water partition coefficient (Wildman–Crippen LogP) is 2.75. The first-order valence-electron chi connectivity index (χ1n) is 3.48. The highest BCUT2D eigenvalue weighted by Crippen LogP contribution is 2.61. The van der Waals surface area contributed by atoms with Gasteiger partial charge in [-0.1, -0.05) is 35.4 Å². The maximum absolute atomic E-state index is 2.61. The smallest absolute Gasteiger partial charge is 0.0172 e. The monoisotopic (exact) mass is 222 g/mol. The van der Waals surface area contributed by atoms with Gasteiger partial charge in [-0.3, -0.25) is 0 Å². The highest BCUT2D eigenvalue weighted by Gasteiger charge is 2.53. The molecule has 2 aliphatic carbocycles. The highest BCUT2D eigenvalue weighted by molar-refractivity contribution is 14.1. The minimum Gasteiger partial charge on any atom is -0.0820 e. The summed E-state index contributed by atoms with van der Waals surface area (Å²) in [5.74, 6) is 0. The molecule has 2 saturated carbocycles. The molecule has 0 nitrogen and oxygen atoms in total. The zero-order valence-electron chi connectivity index (χ0n) is 4.99. The van der Waals surface area contributed by atoms with E-state index in [1.54, 1.807) is 12.8 Å². The first-order chi connectivity index (χ1) is 3.83. The van der Waals surface area contributed by atoms with Gasteiger partial charge in [-0.25, -0.2) is 0 Å². The lowest BCUT2D eigenvalue weighted by Gasteiger charge is -2.00. The Hall–Kier alpha value is 0.730. The van der Waals surface area contributed by atoms with Gasteiger partial charge in [-0.15, -0.1) is 0 Å². The van der Waals surface area contributed by atoms with Crippen molar-refractivity contribution in [2.45, 2.75) is 36.0 Å². The molecule has 2 fully saturated rings. The number of alkyl halides is 1. The van der Waals surface area contributed by atoms with Gasteiger partial charge < -0.3 is 0 Å². The van der Waals surface area contributed by atoms with Crippen LogP contribution in [0.15, 0.2) is 0 Å². The molecule has 0 heterocycles. The van der Waals surface area contributed by atoms with Crippen LogP contribution in [0.2, 0.25) is 0 Å². The molecule has 0 aromatic rings. The number of hydrogen-bond donors (Lipinski definition) is 0. The molecule has 2 rings (SSSR count). The molecule has 8 heavy (non-hydrogen) atoms. The van der Waals surface area contributed by atoms with E-state index in [1.165, 1.54) is 19.3 Å². The van der Waals surface area contributed by atoms with Crippen molar-refractivity contribution < 1.29 is 0 Å². The fourth-order valence-corrected chi connectivity index (χ4v) is 3.39. The van der Waals surface area contributed by atoms with Crippen molar-refractivity contribution in [2.75, 3.05) is 0 Å². The summed E-state index contributed by atoms with van der Waals surface area (Å²) in [4.78, 5) is 0. The third kappa shape index (κ3) is 0.630. The Kier molecular flexibility index (Phi) is 1.11. The molecular formula is C7H11I. The van der Waals surface area contributed by atoms with Gasteiger partial charge in [0.15, 0.2) is 0 Å². The zero-order chi connectivity index (χ0) is 5.61. The minimum absolute atomic E-state index is 0.889. The zero-order valence-corrected chi connectivity index (χ0v) is 7.15. The van der Waals surface area contributed by atoms with E-state index < -0.39 is 0 Å². The van der Waals surface area contributed by atoms with E-state index in [-0.39, 0.29) is 0 Å². The molecular weight excluding hydrogens is 211 g/mol. The maximum atomic E-state index is 2.61. The first-order valence-corrected chi connectivity index (χ1v) is 4.72. The van der Waals surface area contributed by atoms with Crippen LogP contribution in [0.4, 0.5) is 0 Å². The Balaban J connectivity index is 2.06. The third-order valence-electron chi connectivity index (χ3n) is 2.69. The molecule has 0 saturated heterocycles. The van der Waals surface area contributed by atoms with Gasteiger partial charge in [0.1, 0.15) is 0 Å². The van der Waals surface area contributed by atoms with Crippen molar-refractivity contribution in [3.05, 3.63) is 0 Å². The SMILES string of the molecule is IC1CC12CCCC2. The van der Waals surface area contributed by atoms with Crippen molar-refractivity contribution in [1.29, 1.82) is 0 Å². The van der Waals surface area contributed by atoms with E-state index in [0.717, 1.165) is 9.34 Å². The molecule has 0 aromatic heterocycles. The summed E-state index contributed by atoms with van der Waals surface area (Å²) >= 11 is 2.61. The summed E-state index contributed by atoms with van der Waals surface area (Å²) < 4.78 is 1.06. The lowest BCUT2D eigenvalue weighted by atomic mass is 10.1. The summed E-state index contributed by atoms with van der Waals surface area (Å²) in [6, 6.07) is 0. The normalized spacial score (nSPS) is 40.9. The Bertz CT molecular complexity index is 103. The molecule has 1 spiro atoms. The third-order valence-corrected chi connectivity index (χ3v) is 4.45. The van der Waals surface area contributed by atoms with Gasteiger partial charge in [-0.05, 0) is 24.7 Å². The summed E-state index contributed by atoms with van der Waals surface area (Å²) in [7, 11) is 0. The Morgan fingerprint density at radius 3 is 2.00 bits per heavy atom. The summed E-state index contributed by atoms with van der Waals surface area (Å²) in [6.45, 7) is 0. The van der Waals surface area contributed by atoms with Gasteiger partial charge in [0, 0.05) is 3.92 Å². The molecule has 1 unspecified atom stereocenters. The minimum atomic E-state index is 0.889. The lowest BCUT2D eigenvalue weighted by molar-refractivity contribution is 0.543. The molecule has 0 aliphatic heterocycles. The second-order valence-electron chi connectivity index (χ2n) is 3.24. The molecule has 0 amide bonds. The lowest BCUT2D eigenvalue weighted by Crippen LogP contribution is -1.93. The Labute approximate surface area is 64.2 Å². The standard InChI is InChI=1S/C7H11I/c8-6-5-7(6)3-1-2-4-7/h6H,1-5H2. The average Bonchev–Trinajstić information content (AvgIpc) is 2.29. The van der Waals surface area contributed by atoms with E-state index in [9.17, 15) is 0 Å². The van der Waals surface area contributed by atoms with Crippen LogP contribution in [0.3, 0.4) is 0 Å². The maximum Gasteiger partial charge on any atom is 0.0172 e. The van der Waals surface area contributed by atoms with Crippen molar-refractivity contribution in [3.63, 3.8) is 0 Å². The van der Waals surface area contributed by atoms with E-state index in [4.69, 9.17) is 0 Å². The molecule has 0 aromatic carbocycles. The molecule has 0 radical (unpaired) electrons. The van der Waals surface area contributed by atoms with Crippen LogP contribution in [-0.2, 0) is 0 Å². The van der Waals surface area contributed by atoms with E-state index in [1.807, 2.05) is 0 Å². The molecule has 2 aliphatic rings. The van der Waals surface area contributed by atoms with Crippen LogP contribution in [-0.4, -0.2) is 3.92 Å². The quantitative estimate of drug-likeness (QED) is 0.436. The molecule has 0 N–H and O–H groups in total. The van der Waals surface area contributed by atoms with Gasteiger partial charge >= 0.3 is 0 Å². The average molecular weight is 222 g/mol. The molecule has 0 bridgehead atoms. The van der Waals surface area contributed by atoms with Crippen molar-refractivity contribution in [3.8, 4) is 0 Å². The second kappa shape index (κ2) is 1.61. The number of rotatable bonds is 0. The summed E-state index contributed by atoms with van der Waals surface area (Å²) in [5, 5.41) is 0. The highest BCUT2D eigenvalue weighted by atomic mass is 127. The van der Waals surface area contributed by atoms with Crippen LogP contribution >= 0.6 is 22.6 Å². The topological polar surface area (TPSA) is 0 Å². The molecule has 1 atom stereocenters. The first kappa shape index (κ1) is 5.51. The number of hydrogen-bond acceptors (Lipinski definition) is 0. The van der Waals surface area contributed by atoms with Crippen LogP contribution < -0.4 is 0 Å². The molecule has 46 valence electrons. The van der Waals surface area contributed by atoms with Crippen LogP contribution in [0, 0.1) is 5.41 Å². The van der Waals surface area contributed by atoms with Crippen LogP contribution in [0.1, 0.15) is 32.1 Å². The predicted molar refractivity (Wildman–Crippen MR) is 43.3 cm³/mol. The van der Waals surface area contributed by atoms with E-state index >= 15 is 0 Å². The van der Waals surface area contributed by atoms with Crippen molar-refractivity contribution in [1.82, 2.24) is 0 Å². The van der Waals surface area contributed by atoms with Gasteiger partial charge in [0.2, 0.25) is 0 Å². The van der Waals surface area contributed by atoms with Gasteiger partial charge in [-0.2, -0.15) is 0 Å². The van der Waals surface area contributed by atoms with Crippen LogP contribution in [0.5, 0.6) is 0 Å². The summed E-state index contributed by atoms with van der Waals surface area (Å²) in [6.07, 6.45) is 7.65. The summed E-state index contributed by atoms with van der Waals surface area (Å²) in [5.41, 5.74) is 0.889. The Morgan fingerprint density at radius 1 is 1.25 bits per heavy atom. The van der Waals surface area contributed by atoms with E-state index in [2.05, 4.69) is 22.6 Å². The van der Waals surface area contributed by atoms with Crippen molar-refractivity contribution >= 4 is 22.6 Å². The van der Waals surface area contributed by atoms with Gasteiger partial charge in [0.25, 0.3) is 0 Å². The number of halogens is 1. The second-order valence-corrected chi connectivity index (χ2v) is 4.74. The van der Waals surface area contributed by atoms with E-state index in [0.29, 0.717) is 0 Å². The van der Waals surface area contributed by atoms with Crippen molar-refractivity contribution in [2.24, 2.45) is 5.41 Å². The fraction of sp³-hybridized carbons (Fsp3) is 1.00. The Morgan fingerprint density at radius 2 is 1.75 bits per heavy atom. The molecule has 1 heteroatoms. The van der Waals surface area contributed by atoms with Crippen LogP contribution in [0.25, 0.3) is 0 Å². The fourth-order valence-electron chi connectivity index (χ4n) is 1.89. The largest absolute Gasteiger partial charge is 0.0820 e. The van der Waals surface area contributed by atoms with Gasteiger partial charge in [0.05, 0.1) is 0 Å².